The first-order valence-corrected chi connectivity index (χ1v) is 5.49. The molecule has 66 valence electrons. The fourth-order valence-electron chi connectivity index (χ4n) is 0.767. The maximum Gasteiger partial charge on any atom is 0.169 e. The number of rotatable bonds is 3. The average Bonchev–Trinajstić information content (AvgIpc) is 2.50. The zero-order valence-electron chi connectivity index (χ0n) is 6.95. The van der Waals surface area contributed by atoms with Crippen LogP contribution in [0.3, 0.4) is 0 Å². The third kappa shape index (κ3) is 2.14. The van der Waals surface area contributed by atoms with Crippen LogP contribution < -0.4 is 0 Å². The number of nitrogens with zero attached hydrogens (tertiary/aromatic N) is 1. The molecule has 0 amide bonds. The first-order chi connectivity index (χ1) is 5.65. The van der Waals surface area contributed by atoms with E-state index < -0.39 is 0 Å². The fraction of sp³-hybridized carbons (Fsp3) is 0.500. The van der Waals surface area contributed by atoms with Crippen LogP contribution in [0.5, 0.6) is 0 Å². The highest BCUT2D eigenvalue weighted by molar-refractivity contribution is 9.09. The second-order valence-electron chi connectivity index (χ2n) is 2.87. The van der Waals surface area contributed by atoms with Crippen molar-refractivity contribution >= 4 is 33.6 Å². The number of hydrogen-bond acceptors (Lipinski definition) is 3. The number of aldehydes is 1. The summed E-state index contributed by atoms with van der Waals surface area (Å²) in [5, 5.41) is 2.76. The topological polar surface area (TPSA) is 30.0 Å². The summed E-state index contributed by atoms with van der Waals surface area (Å²) < 4.78 is 0. The molecule has 1 atom stereocenters. The molecular formula is C8H10BrNOS. The fourth-order valence-corrected chi connectivity index (χ4v) is 2.10. The number of hydrogen-bond donors (Lipinski definition) is 0. The molecule has 0 saturated carbocycles. The van der Waals surface area contributed by atoms with Gasteiger partial charge in [0, 0.05) is 5.38 Å². The van der Waals surface area contributed by atoms with Crippen molar-refractivity contribution in [3.8, 4) is 0 Å². The summed E-state index contributed by atoms with van der Waals surface area (Å²) in [7, 11) is 0. The van der Waals surface area contributed by atoms with E-state index in [4.69, 9.17) is 0 Å². The lowest BCUT2D eigenvalue weighted by Gasteiger charge is -2.09. The maximum atomic E-state index is 10.3. The van der Waals surface area contributed by atoms with E-state index in [1.165, 1.54) is 11.3 Å². The lowest BCUT2D eigenvalue weighted by molar-refractivity contribution is 0.111. The molecule has 0 aromatic carbocycles. The highest BCUT2D eigenvalue weighted by Crippen LogP contribution is 2.32. The molecule has 0 aliphatic rings. The first kappa shape index (κ1) is 9.86. The summed E-state index contributed by atoms with van der Waals surface area (Å²) in [5.41, 5.74) is 0.528. The summed E-state index contributed by atoms with van der Waals surface area (Å²) >= 11 is 5.05. The molecule has 0 saturated heterocycles. The molecule has 2 nitrogen and oxygen atoms in total. The Bertz CT molecular complexity index is 272. The van der Waals surface area contributed by atoms with Gasteiger partial charge in [-0.15, -0.1) is 11.3 Å². The van der Waals surface area contributed by atoms with Gasteiger partial charge >= 0.3 is 0 Å². The van der Waals surface area contributed by atoms with Crippen LogP contribution in [-0.2, 0) is 0 Å². The van der Waals surface area contributed by atoms with E-state index in [1.807, 2.05) is 0 Å². The van der Waals surface area contributed by atoms with E-state index in [9.17, 15) is 4.79 Å². The summed E-state index contributed by atoms with van der Waals surface area (Å²) in [6.45, 7) is 4.22. The van der Waals surface area contributed by atoms with Gasteiger partial charge in [-0.3, -0.25) is 4.79 Å². The molecule has 4 heteroatoms. The molecule has 1 heterocycles. The van der Waals surface area contributed by atoms with Crippen molar-refractivity contribution in [2.75, 3.05) is 0 Å². The number of carbonyl (C=O) groups is 1. The van der Waals surface area contributed by atoms with E-state index in [-0.39, 0.29) is 4.83 Å². The molecule has 0 aliphatic carbocycles. The second-order valence-corrected chi connectivity index (χ2v) is 4.75. The van der Waals surface area contributed by atoms with Crippen molar-refractivity contribution in [2.24, 2.45) is 5.92 Å². The predicted molar refractivity (Wildman–Crippen MR) is 54.0 cm³/mol. The van der Waals surface area contributed by atoms with Crippen LogP contribution in [0.15, 0.2) is 5.38 Å². The molecular weight excluding hydrogens is 238 g/mol. The van der Waals surface area contributed by atoms with Crippen molar-refractivity contribution in [1.82, 2.24) is 4.98 Å². The Labute approximate surface area is 84.1 Å². The Morgan fingerprint density at radius 2 is 2.33 bits per heavy atom. The molecule has 1 rings (SSSR count). The van der Waals surface area contributed by atoms with Gasteiger partial charge in [-0.05, 0) is 5.92 Å². The zero-order valence-corrected chi connectivity index (χ0v) is 9.35. The highest BCUT2D eigenvalue weighted by Gasteiger charge is 2.15. The van der Waals surface area contributed by atoms with Gasteiger partial charge < -0.3 is 0 Å². The Hall–Kier alpha value is -0.220. The van der Waals surface area contributed by atoms with Gasteiger partial charge in [-0.25, -0.2) is 4.98 Å². The maximum absolute atomic E-state index is 10.3. The Morgan fingerprint density at radius 3 is 2.75 bits per heavy atom. The minimum Gasteiger partial charge on any atom is -0.296 e. The van der Waals surface area contributed by atoms with Crippen LogP contribution in [-0.4, -0.2) is 11.3 Å². The van der Waals surface area contributed by atoms with Gasteiger partial charge in [0.25, 0.3) is 0 Å². The van der Waals surface area contributed by atoms with Crippen molar-refractivity contribution < 1.29 is 4.79 Å². The zero-order chi connectivity index (χ0) is 9.14. The van der Waals surface area contributed by atoms with Crippen LogP contribution in [0, 0.1) is 5.92 Å². The van der Waals surface area contributed by atoms with Crippen LogP contribution in [0.2, 0.25) is 0 Å². The lowest BCUT2D eigenvalue weighted by Crippen LogP contribution is -1.98. The van der Waals surface area contributed by atoms with Gasteiger partial charge in [0.1, 0.15) is 10.7 Å². The van der Waals surface area contributed by atoms with Crippen LogP contribution in [0.1, 0.15) is 34.2 Å². The molecule has 0 aliphatic heterocycles. The van der Waals surface area contributed by atoms with Gasteiger partial charge in [-0.1, -0.05) is 29.8 Å². The van der Waals surface area contributed by atoms with Crippen molar-refractivity contribution in [1.29, 1.82) is 0 Å². The van der Waals surface area contributed by atoms with Gasteiger partial charge in [0.15, 0.2) is 6.29 Å². The second kappa shape index (κ2) is 4.14. The van der Waals surface area contributed by atoms with Crippen LogP contribution in [0.25, 0.3) is 0 Å². The largest absolute Gasteiger partial charge is 0.296 e. The summed E-state index contributed by atoms with van der Waals surface area (Å²) in [5.74, 6) is 0.496. The number of carbonyl (C=O) groups excluding carboxylic acids is 1. The van der Waals surface area contributed by atoms with Crippen molar-refractivity contribution in [3.05, 3.63) is 16.1 Å². The predicted octanol–water partition coefficient (Wildman–Crippen LogP) is 3.05. The molecule has 1 unspecified atom stereocenters. The van der Waals surface area contributed by atoms with Crippen LogP contribution in [0.4, 0.5) is 0 Å². The average molecular weight is 248 g/mol. The Morgan fingerprint density at radius 1 is 1.67 bits per heavy atom. The standard InChI is InChI=1S/C8H10BrNOS/c1-5(2)7(9)8-10-6(3-11)4-12-8/h3-5,7H,1-2H3. The Balaban J connectivity index is 2.81. The van der Waals surface area contributed by atoms with Gasteiger partial charge in [0.2, 0.25) is 0 Å². The first-order valence-electron chi connectivity index (χ1n) is 3.70. The van der Waals surface area contributed by atoms with E-state index in [2.05, 4.69) is 34.8 Å². The monoisotopic (exact) mass is 247 g/mol. The van der Waals surface area contributed by atoms with Gasteiger partial charge in [-0.2, -0.15) is 0 Å². The van der Waals surface area contributed by atoms with Crippen molar-refractivity contribution in [3.63, 3.8) is 0 Å². The number of thiazole rings is 1. The van der Waals surface area contributed by atoms with E-state index in [0.717, 1.165) is 11.3 Å². The molecule has 0 radical (unpaired) electrons. The van der Waals surface area contributed by atoms with E-state index in [1.54, 1.807) is 5.38 Å². The smallest absolute Gasteiger partial charge is 0.169 e. The van der Waals surface area contributed by atoms with E-state index in [0.29, 0.717) is 11.6 Å². The molecule has 1 aromatic heterocycles. The molecule has 12 heavy (non-hydrogen) atoms. The van der Waals surface area contributed by atoms with E-state index >= 15 is 0 Å². The summed E-state index contributed by atoms with van der Waals surface area (Å²) in [6, 6.07) is 0. The lowest BCUT2D eigenvalue weighted by atomic mass is 10.1. The third-order valence-corrected chi connectivity index (χ3v) is 4.22. The molecule has 1 aromatic rings. The summed E-state index contributed by atoms with van der Waals surface area (Å²) in [4.78, 5) is 14.8. The number of halogens is 1. The molecule has 0 spiro atoms. The Kier molecular flexibility index (Phi) is 3.40. The minimum atomic E-state index is 0.260. The molecule has 0 bridgehead atoms. The SMILES string of the molecule is CC(C)C(Br)c1nc(C=O)cs1. The number of alkyl halides is 1. The molecule has 0 fully saturated rings. The minimum absolute atomic E-state index is 0.260. The van der Waals surface area contributed by atoms with Crippen LogP contribution >= 0.6 is 27.3 Å². The highest BCUT2D eigenvalue weighted by atomic mass is 79.9. The quantitative estimate of drug-likeness (QED) is 0.607. The van der Waals surface area contributed by atoms with Crippen molar-refractivity contribution in [2.45, 2.75) is 18.7 Å². The summed E-state index contributed by atoms with van der Waals surface area (Å²) in [6.07, 6.45) is 0.778. The third-order valence-electron chi connectivity index (χ3n) is 1.48. The molecule has 0 N–H and O–H groups in total. The number of aromatic nitrogens is 1. The normalized spacial score (nSPS) is 13.3. The van der Waals surface area contributed by atoms with Gasteiger partial charge in [0.05, 0.1) is 4.83 Å².